The van der Waals surface area contributed by atoms with E-state index in [1.165, 1.54) is 0 Å². The molecule has 1 atom stereocenters. The standard InChI is InChI=1S/C9H11Cl2NO/c10-9(11)4-7(9)5-12-6-8-2-1-3-13-8/h1-3,7,12H,4-6H2. The molecule has 0 bridgehead atoms. The molecule has 1 fully saturated rings. The van der Waals surface area contributed by atoms with Crippen molar-refractivity contribution in [1.82, 2.24) is 5.32 Å². The highest BCUT2D eigenvalue weighted by Gasteiger charge is 2.50. The fourth-order valence-electron chi connectivity index (χ4n) is 1.27. The maximum Gasteiger partial charge on any atom is 0.122 e. The summed E-state index contributed by atoms with van der Waals surface area (Å²) in [5.41, 5.74) is 0. The van der Waals surface area contributed by atoms with Crippen LogP contribution in [0.15, 0.2) is 22.8 Å². The van der Waals surface area contributed by atoms with Crippen LogP contribution in [-0.2, 0) is 6.54 Å². The zero-order valence-electron chi connectivity index (χ0n) is 7.09. The molecule has 2 nitrogen and oxygen atoms in total. The Labute approximate surface area is 87.2 Å². The Bertz CT molecular complexity index is 271. The molecule has 0 aromatic carbocycles. The van der Waals surface area contributed by atoms with Crippen LogP contribution in [0.5, 0.6) is 0 Å². The summed E-state index contributed by atoms with van der Waals surface area (Å²) in [6, 6.07) is 3.82. The topological polar surface area (TPSA) is 25.2 Å². The van der Waals surface area contributed by atoms with Gasteiger partial charge in [-0.1, -0.05) is 0 Å². The number of nitrogens with one attached hydrogen (secondary N) is 1. The third-order valence-electron chi connectivity index (χ3n) is 2.23. The molecule has 1 aromatic heterocycles. The molecule has 1 aromatic rings. The third kappa shape index (κ3) is 2.39. The van der Waals surface area contributed by atoms with Crippen molar-refractivity contribution < 1.29 is 4.42 Å². The molecular weight excluding hydrogens is 209 g/mol. The van der Waals surface area contributed by atoms with Gasteiger partial charge in [-0.25, -0.2) is 0 Å². The summed E-state index contributed by atoms with van der Waals surface area (Å²) in [4.78, 5) is 0. The van der Waals surface area contributed by atoms with Crippen LogP contribution in [0.25, 0.3) is 0 Å². The van der Waals surface area contributed by atoms with Gasteiger partial charge in [-0.3, -0.25) is 0 Å². The number of rotatable bonds is 4. The summed E-state index contributed by atoms with van der Waals surface area (Å²) < 4.78 is 4.68. The molecule has 1 unspecified atom stereocenters. The van der Waals surface area contributed by atoms with Crippen molar-refractivity contribution in [2.45, 2.75) is 17.3 Å². The molecule has 0 saturated heterocycles. The van der Waals surface area contributed by atoms with E-state index in [9.17, 15) is 0 Å². The van der Waals surface area contributed by atoms with Crippen LogP contribution in [-0.4, -0.2) is 10.9 Å². The second-order valence-electron chi connectivity index (χ2n) is 3.37. The minimum Gasteiger partial charge on any atom is -0.468 e. The van der Waals surface area contributed by atoms with Gasteiger partial charge < -0.3 is 9.73 Å². The van der Waals surface area contributed by atoms with Crippen LogP contribution in [0.3, 0.4) is 0 Å². The molecule has 0 aliphatic heterocycles. The molecule has 4 heteroatoms. The largest absolute Gasteiger partial charge is 0.468 e. The van der Waals surface area contributed by atoms with Crippen LogP contribution in [0.4, 0.5) is 0 Å². The Morgan fingerprint density at radius 2 is 2.38 bits per heavy atom. The fourth-order valence-corrected chi connectivity index (χ4v) is 1.80. The number of hydrogen-bond donors (Lipinski definition) is 1. The Balaban J connectivity index is 1.66. The molecule has 0 radical (unpaired) electrons. The Kier molecular flexibility index (Phi) is 2.54. The van der Waals surface area contributed by atoms with E-state index in [1.54, 1.807) is 6.26 Å². The van der Waals surface area contributed by atoms with Crippen molar-refractivity contribution in [3.8, 4) is 0 Å². The van der Waals surface area contributed by atoms with Crippen LogP contribution in [0.1, 0.15) is 12.2 Å². The molecule has 0 amide bonds. The number of halogens is 2. The lowest BCUT2D eigenvalue weighted by atomic mass is 10.4. The average Bonchev–Trinajstić information content (AvgIpc) is 2.53. The van der Waals surface area contributed by atoms with Crippen molar-refractivity contribution >= 4 is 23.2 Å². The number of hydrogen-bond acceptors (Lipinski definition) is 2. The van der Waals surface area contributed by atoms with E-state index >= 15 is 0 Å². The van der Waals surface area contributed by atoms with Crippen LogP contribution < -0.4 is 5.32 Å². The van der Waals surface area contributed by atoms with Crippen LogP contribution in [0.2, 0.25) is 0 Å². The number of furan rings is 1. The smallest absolute Gasteiger partial charge is 0.122 e. The van der Waals surface area contributed by atoms with Gasteiger partial charge in [0.15, 0.2) is 0 Å². The van der Waals surface area contributed by atoms with Gasteiger partial charge in [-0.15, -0.1) is 23.2 Å². The molecule has 1 N–H and O–H groups in total. The number of alkyl halides is 2. The normalized spacial score (nSPS) is 24.6. The zero-order valence-corrected chi connectivity index (χ0v) is 8.61. The molecule has 2 rings (SSSR count). The van der Waals surface area contributed by atoms with E-state index in [-0.39, 0.29) is 0 Å². The lowest BCUT2D eigenvalue weighted by Crippen LogP contribution is -2.17. The Hall–Kier alpha value is -0.180. The molecule has 1 aliphatic rings. The third-order valence-corrected chi connectivity index (χ3v) is 3.15. The summed E-state index contributed by atoms with van der Waals surface area (Å²) in [5, 5.41) is 3.24. The summed E-state index contributed by atoms with van der Waals surface area (Å²) in [6.07, 6.45) is 2.56. The van der Waals surface area contributed by atoms with E-state index in [1.807, 2.05) is 12.1 Å². The van der Waals surface area contributed by atoms with Gasteiger partial charge in [0.1, 0.15) is 10.1 Å². The SMILES string of the molecule is ClC1(Cl)CC1CNCc1ccco1. The van der Waals surface area contributed by atoms with Gasteiger partial charge in [0, 0.05) is 12.5 Å². The van der Waals surface area contributed by atoms with E-state index in [0.29, 0.717) is 5.92 Å². The van der Waals surface area contributed by atoms with Gasteiger partial charge in [-0.05, 0) is 18.6 Å². The summed E-state index contributed by atoms with van der Waals surface area (Å²) >= 11 is 11.7. The van der Waals surface area contributed by atoms with Gasteiger partial charge in [0.2, 0.25) is 0 Å². The fraction of sp³-hybridized carbons (Fsp3) is 0.556. The van der Waals surface area contributed by atoms with Gasteiger partial charge in [0.25, 0.3) is 0 Å². The molecular formula is C9H11Cl2NO. The molecule has 13 heavy (non-hydrogen) atoms. The Morgan fingerprint density at radius 1 is 1.62 bits per heavy atom. The first-order chi connectivity index (χ1) is 6.18. The predicted molar refractivity (Wildman–Crippen MR) is 53.0 cm³/mol. The van der Waals surface area contributed by atoms with E-state index in [4.69, 9.17) is 27.6 Å². The van der Waals surface area contributed by atoms with E-state index in [0.717, 1.165) is 25.3 Å². The van der Waals surface area contributed by atoms with Gasteiger partial charge in [-0.2, -0.15) is 0 Å². The summed E-state index contributed by atoms with van der Waals surface area (Å²) in [5.74, 6) is 1.33. The highest BCUT2D eigenvalue weighted by atomic mass is 35.5. The van der Waals surface area contributed by atoms with Gasteiger partial charge in [0.05, 0.1) is 12.8 Å². The molecule has 1 heterocycles. The zero-order chi connectivity index (χ0) is 9.31. The lowest BCUT2D eigenvalue weighted by molar-refractivity contribution is 0.478. The molecule has 1 saturated carbocycles. The van der Waals surface area contributed by atoms with Crippen molar-refractivity contribution in [3.05, 3.63) is 24.2 Å². The van der Waals surface area contributed by atoms with E-state index in [2.05, 4.69) is 5.32 Å². The van der Waals surface area contributed by atoms with Crippen LogP contribution >= 0.6 is 23.2 Å². The molecule has 1 aliphatic carbocycles. The second-order valence-corrected chi connectivity index (χ2v) is 4.91. The highest BCUT2D eigenvalue weighted by molar-refractivity contribution is 6.50. The second kappa shape index (κ2) is 3.52. The molecule has 0 spiro atoms. The maximum absolute atomic E-state index is 5.87. The minimum atomic E-state index is -0.476. The van der Waals surface area contributed by atoms with Crippen molar-refractivity contribution in [2.75, 3.05) is 6.54 Å². The lowest BCUT2D eigenvalue weighted by Gasteiger charge is -2.01. The average molecular weight is 220 g/mol. The van der Waals surface area contributed by atoms with Gasteiger partial charge >= 0.3 is 0 Å². The first kappa shape index (κ1) is 9.38. The molecule has 72 valence electrons. The first-order valence-corrected chi connectivity index (χ1v) is 5.05. The van der Waals surface area contributed by atoms with Crippen molar-refractivity contribution in [3.63, 3.8) is 0 Å². The monoisotopic (exact) mass is 219 g/mol. The maximum atomic E-state index is 5.87. The Morgan fingerprint density at radius 3 is 2.92 bits per heavy atom. The van der Waals surface area contributed by atoms with Crippen molar-refractivity contribution in [2.24, 2.45) is 5.92 Å². The first-order valence-electron chi connectivity index (χ1n) is 4.29. The van der Waals surface area contributed by atoms with Crippen molar-refractivity contribution in [1.29, 1.82) is 0 Å². The highest BCUT2D eigenvalue weighted by Crippen LogP contribution is 2.52. The van der Waals surface area contributed by atoms with E-state index < -0.39 is 4.33 Å². The van der Waals surface area contributed by atoms with Crippen LogP contribution in [0, 0.1) is 5.92 Å². The minimum absolute atomic E-state index is 0.394. The quantitative estimate of drug-likeness (QED) is 0.789. The summed E-state index contributed by atoms with van der Waals surface area (Å²) in [7, 11) is 0. The predicted octanol–water partition coefficient (Wildman–Crippen LogP) is 2.56. The summed E-state index contributed by atoms with van der Waals surface area (Å²) in [6.45, 7) is 1.60.